The fourth-order valence-electron chi connectivity index (χ4n) is 2.49. The lowest BCUT2D eigenvalue weighted by atomic mass is 10.1. The van der Waals surface area contributed by atoms with Gasteiger partial charge in [0.2, 0.25) is 0 Å². The van der Waals surface area contributed by atoms with Gasteiger partial charge in [-0.1, -0.05) is 41.4 Å². The molecule has 3 rings (SSSR count). The topological polar surface area (TPSA) is 46.9 Å². The summed E-state index contributed by atoms with van der Waals surface area (Å²) in [6.07, 6.45) is 1.63. The third kappa shape index (κ3) is 4.06. The minimum Gasteiger partial charge on any atom is -0.304 e. The summed E-state index contributed by atoms with van der Waals surface area (Å²) in [6, 6.07) is 11.8. The average Bonchev–Trinajstić information content (AvgIpc) is 2.91. The Bertz CT molecular complexity index is 919. The summed E-state index contributed by atoms with van der Waals surface area (Å²) in [5, 5.41) is 7.40. The Morgan fingerprint density at radius 1 is 1.20 bits per heavy atom. The van der Waals surface area contributed by atoms with Crippen molar-refractivity contribution in [2.75, 3.05) is 5.32 Å². The largest absolute Gasteiger partial charge is 0.304 e. The summed E-state index contributed by atoms with van der Waals surface area (Å²) >= 11 is 6.18. The summed E-state index contributed by atoms with van der Waals surface area (Å²) in [5.41, 5.74) is 3.35. The second kappa shape index (κ2) is 7.07. The minimum absolute atomic E-state index is 0.255. The molecule has 1 amide bonds. The highest BCUT2D eigenvalue weighted by molar-refractivity contribution is 6.33. The first-order valence-corrected chi connectivity index (χ1v) is 8.16. The molecule has 0 aliphatic carbocycles. The number of halogens is 2. The Kier molecular flexibility index (Phi) is 4.86. The number of anilines is 1. The molecule has 4 nitrogen and oxygen atoms in total. The number of carbonyl (C=O) groups is 1. The number of benzene rings is 2. The Hall–Kier alpha value is -2.66. The number of hydrogen-bond donors (Lipinski definition) is 1. The van der Waals surface area contributed by atoms with Gasteiger partial charge in [-0.2, -0.15) is 5.10 Å². The lowest BCUT2D eigenvalue weighted by Gasteiger charge is -2.07. The van der Waals surface area contributed by atoms with Crippen molar-refractivity contribution in [3.8, 4) is 0 Å². The van der Waals surface area contributed by atoms with Gasteiger partial charge in [-0.25, -0.2) is 4.39 Å². The summed E-state index contributed by atoms with van der Waals surface area (Å²) in [6.45, 7) is 4.24. The maximum Gasteiger partial charge on any atom is 0.257 e. The van der Waals surface area contributed by atoms with E-state index < -0.39 is 0 Å². The third-order valence-corrected chi connectivity index (χ3v) is 4.12. The molecule has 0 radical (unpaired) electrons. The van der Waals surface area contributed by atoms with Gasteiger partial charge in [0, 0.05) is 11.8 Å². The molecule has 1 heterocycles. The molecular formula is C19H17ClFN3O. The van der Waals surface area contributed by atoms with Crippen molar-refractivity contribution < 1.29 is 9.18 Å². The van der Waals surface area contributed by atoms with Gasteiger partial charge >= 0.3 is 0 Å². The summed E-state index contributed by atoms with van der Waals surface area (Å²) in [5.74, 6) is -0.242. The molecule has 0 fully saturated rings. The minimum atomic E-state index is -0.288. The zero-order chi connectivity index (χ0) is 18.0. The molecule has 0 atom stereocenters. The maximum absolute atomic E-state index is 13.0. The molecule has 0 saturated heterocycles. The number of hydrogen-bond acceptors (Lipinski definition) is 2. The molecule has 3 aromatic rings. The lowest BCUT2D eigenvalue weighted by molar-refractivity contribution is 0.102. The summed E-state index contributed by atoms with van der Waals surface area (Å²) in [7, 11) is 0. The zero-order valence-corrected chi connectivity index (χ0v) is 14.6. The van der Waals surface area contributed by atoms with Crippen LogP contribution in [0.5, 0.6) is 0 Å². The first-order valence-electron chi connectivity index (χ1n) is 7.78. The van der Waals surface area contributed by atoms with Crippen molar-refractivity contribution in [3.05, 3.63) is 81.8 Å². The van der Waals surface area contributed by atoms with Crippen molar-refractivity contribution in [2.24, 2.45) is 0 Å². The molecule has 0 saturated carbocycles. The Morgan fingerprint density at radius 3 is 2.64 bits per heavy atom. The van der Waals surface area contributed by atoms with Crippen LogP contribution in [0.25, 0.3) is 0 Å². The van der Waals surface area contributed by atoms with Crippen LogP contribution in [0.15, 0.2) is 48.7 Å². The second-order valence-corrected chi connectivity index (χ2v) is 6.33. The standard InChI is InChI=1S/C19H17ClFN3O/c1-12-3-4-13(2)16(9-12)19(25)22-18-17(20)11-24(23-18)10-14-5-7-15(21)8-6-14/h3-9,11H,10H2,1-2H3,(H,22,23,25). The molecule has 1 aromatic heterocycles. The van der Waals surface area contributed by atoms with Crippen molar-refractivity contribution in [3.63, 3.8) is 0 Å². The van der Waals surface area contributed by atoms with Crippen LogP contribution in [-0.4, -0.2) is 15.7 Å². The number of carbonyl (C=O) groups excluding carboxylic acids is 1. The molecule has 0 aliphatic heterocycles. The Morgan fingerprint density at radius 2 is 1.92 bits per heavy atom. The van der Waals surface area contributed by atoms with Crippen LogP contribution in [-0.2, 0) is 6.54 Å². The number of aromatic nitrogens is 2. The predicted octanol–water partition coefficient (Wildman–Crippen LogP) is 4.59. The Labute approximate surface area is 150 Å². The van der Waals surface area contributed by atoms with E-state index in [4.69, 9.17) is 11.6 Å². The molecule has 2 aromatic carbocycles. The Balaban J connectivity index is 1.77. The van der Waals surface area contributed by atoms with Gasteiger partial charge < -0.3 is 5.32 Å². The van der Waals surface area contributed by atoms with E-state index in [0.29, 0.717) is 22.9 Å². The first-order chi connectivity index (χ1) is 11.9. The van der Waals surface area contributed by atoms with E-state index in [1.165, 1.54) is 12.1 Å². The van der Waals surface area contributed by atoms with Gasteiger partial charge in [-0.15, -0.1) is 0 Å². The van der Waals surface area contributed by atoms with Crippen LogP contribution in [0.2, 0.25) is 5.02 Å². The van der Waals surface area contributed by atoms with Crippen LogP contribution in [0.1, 0.15) is 27.0 Å². The van der Waals surface area contributed by atoms with Crippen molar-refractivity contribution in [1.82, 2.24) is 9.78 Å². The first kappa shape index (κ1) is 17.2. The highest BCUT2D eigenvalue weighted by Crippen LogP contribution is 2.22. The zero-order valence-electron chi connectivity index (χ0n) is 13.9. The van der Waals surface area contributed by atoms with Gasteiger partial charge in [0.05, 0.1) is 6.54 Å². The molecule has 0 aliphatic rings. The van der Waals surface area contributed by atoms with E-state index in [-0.39, 0.29) is 11.7 Å². The van der Waals surface area contributed by atoms with E-state index in [0.717, 1.165) is 16.7 Å². The monoisotopic (exact) mass is 357 g/mol. The van der Waals surface area contributed by atoms with E-state index in [1.54, 1.807) is 23.0 Å². The van der Waals surface area contributed by atoms with Gasteiger partial charge in [0.1, 0.15) is 10.8 Å². The average molecular weight is 358 g/mol. The van der Waals surface area contributed by atoms with Crippen LogP contribution in [0, 0.1) is 19.7 Å². The van der Waals surface area contributed by atoms with Crippen LogP contribution in [0.3, 0.4) is 0 Å². The number of nitrogens with one attached hydrogen (secondary N) is 1. The molecule has 0 unspecified atom stereocenters. The van der Waals surface area contributed by atoms with Crippen molar-refractivity contribution in [2.45, 2.75) is 20.4 Å². The van der Waals surface area contributed by atoms with Gasteiger partial charge in [0.25, 0.3) is 5.91 Å². The van der Waals surface area contributed by atoms with Gasteiger partial charge in [0.15, 0.2) is 5.82 Å². The van der Waals surface area contributed by atoms with E-state index >= 15 is 0 Å². The number of amides is 1. The smallest absolute Gasteiger partial charge is 0.257 e. The molecule has 128 valence electrons. The lowest BCUT2D eigenvalue weighted by Crippen LogP contribution is -2.14. The highest BCUT2D eigenvalue weighted by Gasteiger charge is 2.14. The molecule has 25 heavy (non-hydrogen) atoms. The van der Waals surface area contributed by atoms with Gasteiger partial charge in [-0.05, 0) is 43.2 Å². The number of nitrogens with zero attached hydrogens (tertiary/aromatic N) is 2. The van der Waals surface area contributed by atoms with E-state index in [2.05, 4.69) is 10.4 Å². The fraction of sp³-hybridized carbons (Fsp3) is 0.158. The quantitative estimate of drug-likeness (QED) is 0.742. The van der Waals surface area contributed by atoms with Crippen LogP contribution >= 0.6 is 11.6 Å². The normalized spacial score (nSPS) is 10.7. The molecule has 0 bridgehead atoms. The molecule has 6 heteroatoms. The fourth-order valence-corrected chi connectivity index (χ4v) is 2.69. The third-order valence-electron chi connectivity index (χ3n) is 3.84. The highest BCUT2D eigenvalue weighted by atomic mass is 35.5. The summed E-state index contributed by atoms with van der Waals surface area (Å²) < 4.78 is 14.6. The number of aryl methyl sites for hydroxylation is 2. The molecule has 0 spiro atoms. The summed E-state index contributed by atoms with van der Waals surface area (Å²) in [4.78, 5) is 12.5. The number of rotatable bonds is 4. The SMILES string of the molecule is Cc1ccc(C)c(C(=O)Nc2nn(Cc3ccc(F)cc3)cc2Cl)c1. The van der Waals surface area contributed by atoms with Crippen LogP contribution in [0.4, 0.5) is 10.2 Å². The van der Waals surface area contributed by atoms with Crippen molar-refractivity contribution >= 4 is 23.3 Å². The van der Waals surface area contributed by atoms with Gasteiger partial charge in [-0.3, -0.25) is 9.48 Å². The molecule has 1 N–H and O–H groups in total. The van der Waals surface area contributed by atoms with E-state index in [9.17, 15) is 9.18 Å². The maximum atomic E-state index is 13.0. The second-order valence-electron chi connectivity index (χ2n) is 5.92. The van der Waals surface area contributed by atoms with Crippen LogP contribution < -0.4 is 5.32 Å². The van der Waals surface area contributed by atoms with Crippen molar-refractivity contribution in [1.29, 1.82) is 0 Å². The predicted molar refractivity (Wildman–Crippen MR) is 96.6 cm³/mol. The molecular weight excluding hydrogens is 341 g/mol. The van der Waals surface area contributed by atoms with E-state index in [1.807, 2.05) is 32.0 Å².